The SMILES string of the molecule is CC(C)(C)CC(CC(C)(C)C)(C(=O)[O-])C(C)(C(=O)[O-])S(=O)(=O)O.[Na+].[Na+]. The molecule has 136 valence electrons. The molecule has 0 radical (unpaired) electrons. The summed E-state index contributed by atoms with van der Waals surface area (Å²) in [5.41, 5.74) is -3.85. The first-order valence-corrected chi connectivity index (χ1v) is 8.64. The average molecular weight is 396 g/mol. The van der Waals surface area contributed by atoms with Gasteiger partial charge in [0.05, 0.1) is 5.97 Å². The van der Waals surface area contributed by atoms with E-state index in [2.05, 4.69) is 0 Å². The van der Waals surface area contributed by atoms with E-state index >= 15 is 0 Å². The minimum Gasteiger partial charge on any atom is -0.549 e. The van der Waals surface area contributed by atoms with Crippen molar-refractivity contribution in [3.05, 3.63) is 0 Å². The minimum absolute atomic E-state index is 0. The molecule has 7 nitrogen and oxygen atoms in total. The molecule has 0 aromatic carbocycles. The summed E-state index contributed by atoms with van der Waals surface area (Å²) in [7, 11) is -5.29. The maximum absolute atomic E-state index is 12.0. The summed E-state index contributed by atoms with van der Waals surface area (Å²) < 4.78 is 30.2. The molecule has 0 spiro atoms. The van der Waals surface area contributed by atoms with Crippen molar-refractivity contribution in [2.75, 3.05) is 0 Å². The molecule has 0 rings (SSSR count). The zero-order chi connectivity index (χ0) is 19.1. The van der Waals surface area contributed by atoms with Gasteiger partial charge in [-0.05, 0) is 30.6 Å². The van der Waals surface area contributed by atoms with Crippen molar-refractivity contribution in [2.24, 2.45) is 16.2 Å². The molecule has 0 aromatic rings. The van der Waals surface area contributed by atoms with Gasteiger partial charge >= 0.3 is 59.1 Å². The molecule has 0 saturated heterocycles. The first kappa shape index (κ1) is 30.6. The second-order valence-corrected chi connectivity index (χ2v) is 10.4. The van der Waals surface area contributed by atoms with Crippen LogP contribution in [0.3, 0.4) is 0 Å². The maximum Gasteiger partial charge on any atom is 1.00 e. The van der Waals surface area contributed by atoms with Crippen molar-refractivity contribution >= 4 is 22.1 Å². The first-order chi connectivity index (χ1) is 9.80. The molecule has 0 aliphatic carbocycles. The summed E-state index contributed by atoms with van der Waals surface area (Å²) in [5, 5.41) is 23.6. The summed E-state index contributed by atoms with van der Waals surface area (Å²) in [4.78, 5) is 23.6. The normalized spacial score (nSPS) is 15.4. The standard InChI is InChI=1S/C15H28O7S.2Na/c1-12(2,3)8-15(11(18)19,9-13(4,5)6)14(7,10(16)17)23(20,21)22;;/h8-9H2,1-7H3,(H,16,17)(H,18,19)(H,20,21,22);;/q;2*+1/p-2. The van der Waals surface area contributed by atoms with Crippen LogP contribution in [-0.4, -0.2) is 29.7 Å². The van der Waals surface area contributed by atoms with E-state index in [1.807, 2.05) is 0 Å². The van der Waals surface area contributed by atoms with Crippen LogP contribution in [-0.2, 0) is 19.7 Å². The molecule has 1 unspecified atom stereocenters. The zero-order valence-electron chi connectivity index (χ0n) is 16.7. The maximum atomic E-state index is 12.0. The number of carboxylic acid groups (broad SMARTS) is 2. The molecule has 0 amide bonds. The van der Waals surface area contributed by atoms with Crippen LogP contribution in [0.5, 0.6) is 0 Å². The number of rotatable bonds is 6. The number of carboxylic acids is 2. The molecular formula is C15H26Na2O7S. The van der Waals surface area contributed by atoms with Gasteiger partial charge in [-0.15, -0.1) is 0 Å². The van der Waals surface area contributed by atoms with E-state index in [-0.39, 0.29) is 72.0 Å². The van der Waals surface area contributed by atoms with E-state index in [1.165, 1.54) is 0 Å². The summed E-state index contributed by atoms with van der Waals surface area (Å²) in [5.74, 6) is -4.01. The largest absolute Gasteiger partial charge is 1.00 e. The fraction of sp³-hybridized carbons (Fsp3) is 0.867. The number of aliphatic carboxylic acids is 2. The smallest absolute Gasteiger partial charge is 0.549 e. The number of hydrogen-bond donors (Lipinski definition) is 1. The molecule has 0 saturated carbocycles. The first-order valence-electron chi connectivity index (χ1n) is 7.20. The average Bonchev–Trinajstić information content (AvgIpc) is 2.20. The molecule has 0 bridgehead atoms. The van der Waals surface area contributed by atoms with Gasteiger partial charge < -0.3 is 19.8 Å². The Balaban J connectivity index is -0.00000242. The van der Waals surface area contributed by atoms with Gasteiger partial charge in [0.25, 0.3) is 10.1 Å². The Hall–Kier alpha value is 0.850. The molecule has 1 atom stereocenters. The molecule has 0 fully saturated rings. The van der Waals surface area contributed by atoms with E-state index in [1.54, 1.807) is 41.5 Å². The second-order valence-electron chi connectivity index (χ2n) is 8.64. The number of carbonyl (C=O) groups is 2. The fourth-order valence-corrected chi connectivity index (χ4v) is 4.03. The van der Waals surface area contributed by atoms with Gasteiger partial charge in [0.2, 0.25) is 0 Å². The van der Waals surface area contributed by atoms with Gasteiger partial charge in [-0.1, -0.05) is 41.5 Å². The molecule has 0 aliphatic heterocycles. The third-order valence-electron chi connectivity index (χ3n) is 3.87. The summed E-state index contributed by atoms with van der Waals surface area (Å²) in [6.45, 7) is 10.5. The Morgan fingerprint density at radius 1 is 0.800 bits per heavy atom. The van der Waals surface area contributed by atoms with Crippen LogP contribution in [0, 0.1) is 16.2 Å². The Labute approximate surface area is 194 Å². The predicted molar refractivity (Wildman–Crippen MR) is 80.5 cm³/mol. The van der Waals surface area contributed by atoms with Gasteiger partial charge in [0, 0.05) is 11.4 Å². The van der Waals surface area contributed by atoms with E-state index in [0.29, 0.717) is 6.92 Å². The van der Waals surface area contributed by atoms with E-state index in [4.69, 9.17) is 0 Å². The van der Waals surface area contributed by atoms with Crippen LogP contribution in [0.2, 0.25) is 0 Å². The monoisotopic (exact) mass is 396 g/mol. The fourth-order valence-electron chi connectivity index (χ4n) is 3.10. The quantitative estimate of drug-likeness (QED) is 0.349. The predicted octanol–water partition coefficient (Wildman–Crippen LogP) is -6.00. The zero-order valence-corrected chi connectivity index (χ0v) is 21.5. The summed E-state index contributed by atoms with van der Waals surface area (Å²) >= 11 is 0. The Bertz CT molecular complexity index is 572. The van der Waals surface area contributed by atoms with Crippen molar-refractivity contribution in [3.8, 4) is 0 Å². The Morgan fingerprint density at radius 2 is 1.08 bits per heavy atom. The van der Waals surface area contributed by atoms with Gasteiger partial charge in [0.15, 0.2) is 0 Å². The molecule has 0 aromatic heterocycles. The molecule has 0 heterocycles. The van der Waals surface area contributed by atoms with Crippen LogP contribution in [0.1, 0.15) is 61.3 Å². The third-order valence-corrected chi connectivity index (χ3v) is 5.46. The van der Waals surface area contributed by atoms with Crippen molar-refractivity contribution in [1.29, 1.82) is 0 Å². The summed E-state index contributed by atoms with van der Waals surface area (Å²) in [6.07, 6.45) is -0.659. The minimum atomic E-state index is -5.29. The van der Waals surface area contributed by atoms with E-state index in [9.17, 15) is 32.8 Å². The van der Waals surface area contributed by atoms with Crippen LogP contribution in [0.15, 0.2) is 0 Å². The molecule has 10 heteroatoms. The van der Waals surface area contributed by atoms with E-state index < -0.39 is 43.0 Å². The van der Waals surface area contributed by atoms with Crippen LogP contribution in [0.25, 0.3) is 0 Å². The molecule has 25 heavy (non-hydrogen) atoms. The van der Waals surface area contributed by atoms with Crippen LogP contribution < -0.4 is 69.3 Å². The Kier molecular flexibility index (Phi) is 11.5. The van der Waals surface area contributed by atoms with Crippen molar-refractivity contribution in [2.45, 2.75) is 66.1 Å². The van der Waals surface area contributed by atoms with Gasteiger partial charge in [-0.25, -0.2) is 0 Å². The number of hydrogen-bond acceptors (Lipinski definition) is 6. The molecule has 1 N–H and O–H groups in total. The van der Waals surface area contributed by atoms with Crippen LogP contribution in [0.4, 0.5) is 0 Å². The molecule has 0 aliphatic rings. The van der Waals surface area contributed by atoms with Crippen LogP contribution >= 0.6 is 0 Å². The molecular weight excluding hydrogens is 370 g/mol. The number of carbonyl (C=O) groups excluding carboxylic acids is 2. The van der Waals surface area contributed by atoms with E-state index in [0.717, 1.165) is 0 Å². The van der Waals surface area contributed by atoms with Crippen molar-refractivity contribution < 1.29 is 91.9 Å². The summed E-state index contributed by atoms with van der Waals surface area (Å²) in [6, 6.07) is 0. The van der Waals surface area contributed by atoms with Gasteiger partial charge in [0.1, 0.15) is 4.75 Å². The third kappa shape index (κ3) is 7.07. The van der Waals surface area contributed by atoms with Crippen molar-refractivity contribution in [1.82, 2.24) is 0 Å². The Morgan fingerprint density at radius 3 is 1.20 bits per heavy atom. The second kappa shape index (κ2) is 9.37. The van der Waals surface area contributed by atoms with Gasteiger partial charge in [-0.2, -0.15) is 8.42 Å². The van der Waals surface area contributed by atoms with Gasteiger partial charge in [-0.3, -0.25) is 4.55 Å². The topological polar surface area (TPSA) is 135 Å². The van der Waals surface area contributed by atoms with Crippen molar-refractivity contribution in [3.63, 3.8) is 0 Å².